The molecule has 1 aliphatic heterocycles. The fourth-order valence-corrected chi connectivity index (χ4v) is 5.90. The molecule has 1 saturated heterocycles. The standard InChI is InChI=1S/C14H20ClN3O2S2/c1-2-3-4-11-5-7-17(8-6-11)22(19,20)13-12(15)16-14-18(13)9-10-21-14/h9-11H,2-8H2,1H3. The molecule has 3 heterocycles. The molecule has 122 valence electrons. The first-order valence-corrected chi connectivity index (χ1v) is 10.3. The Morgan fingerprint density at radius 1 is 1.41 bits per heavy atom. The summed E-state index contributed by atoms with van der Waals surface area (Å²) in [5.41, 5.74) is 0. The van der Waals surface area contributed by atoms with E-state index in [9.17, 15) is 8.42 Å². The molecule has 1 aliphatic rings. The van der Waals surface area contributed by atoms with Crippen LogP contribution in [-0.2, 0) is 10.0 Å². The van der Waals surface area contributed by atoms with Gasteiger partial charge < -0.3 is 0 Å². The van der Waals surface area contributed by atoms with E-state index in [1.807, 2.05) is 5.38 Å². The van der Waals surface area contributed by atoms with Gasteiger partial charge in [0.1, 0.15) is 0 Å². The number of unbranched alkanes of at least 4 members (excludes halogenated alkanes) is 1. The highest BCUT2D eigenvalue weighted by atomic mass is 35.5. The molecule has 1 fully saturated rings. The summed E-state index contributed by atoms with van der Waals surface area (Å²) in [7, 11) is -3.58. The van der Waals surface area contributed by atoms with E-state index in [-0.39, 0.29) is 10.2 Å². The van der Waals surface area contributed by atoms with Crippen molar-refractivity contribution in [1.29, 1.82) is 0 Å². The van der Waals surface area contributed by atoms with Crippen molar-refractivity contribution in [3.05, 3.63) is 16.7 Å². The summed E-state index contributed by atoms with van der Waals surface area (Å²) >= 11 is 7.46. The first-order chi connectivity index (χ1) is 10.5. The second-order valence-electron chi connectivity index (χ2n) is 5.75. The predicted molar refractivity (Wildman–Crippen MR) is 89.1 cm³/mol. The van der Waals surface area contributed by atoms with Crippen molar-refractivity contribution < 1.29 is 8.42 Å². The largest absolute Gasteiger partial charge is 0.279 e. The summed E-state index contributed by atoms with van der Waals surface area (Å²) in [4.78, 5) is 4.74. The predicted octanol–water partition coefficient (Wildman–Crippen LogP) is 3.64. The average Bonchev–Trinajstić information content (AvgIpc) is 3.05. The van der Waals surface area contributed by atoms with Gasteiger partial charge in [-0.1, -0.05) is 37.8 Å². The maximum absolute atomic E-state index is 12.9. The minimum Gasteiger partial charge on any atom is -0.279 e. The lowest BCUT2D eigenvalue weighted by atomic mass is 9.93. The van der Waals surface area contributed by atoms with Crippen LogP contribution in [0.1, 0.15) is 39.0 Å². The molecule has 2 aromatic heterocycles. The van der Waals surface area contributed by atoms with Crippen molar-refractivity contribution >= 4 is 37.9 Å². The van der Waals surface area contributed by atoms with Crippen LogP contribution in [0.2, 0.25) is 5.15 Å². The van der Waals surface area contributed by atoms with Gasteiger partial charge in [0.05, 0.1) is 0 Å². The van der Waals surface area contributed by atoms with Crippen molar-refractivity contribution in [3.63, 3.8) is 0 Å². The van der Waals surface area contributed by atoms with E-state index in [4.69, 9.17) is 11.6 Å². The Hall–Kier alpha value is -0.630. The van der Waals surface area contributed by atoms with Crippen molar-refractivity contribution in [2.75, 3.05) is 13.1 Å². The Kier molecular flexibility index (Phi) is 4.77. The van der Waals surface area contributed by atoms with Crippen LogP contribution in [0.5, 0.6) is 0 Å². The van der Waals surface area contributed by atoms with E-state index in [0.717, 1.165) is 12.8 Å². The molecule has 22 heavy (non-hydrogen) atoms. The fourth-order valence-electron chi connectivity index (χ4n) is 3.02. The molecule has 8 heteroatoms. The molecule has 0 bridgehead atoms. The molecule has 0 saturated carbocycles. The molecular weight excluding hydrogens is 342 g/mol. The van der Waals surface area contributed by atoms with Gasteiger partial charge in [0, 0.05) is 24.7 Å². The molecule has 0 aromatic carbocycles. The van der Waals surface area contributed by atoms with Crippen LogP contribution >= 0.6 is 22.9 Å². The lowest BCUT2D eigenvalue weighted by molar-refractivity contribution is 0.259. The highest BCUT2D eigenvalue weighted by Gasteiger charge is 2.34. The lowest BCUT2D eigenvalue weighted by Crippen LogP contribution is -2.39. The van der Waals surface area contributed by atoms with E-state index in [1.165, 1.54) is 30.6 Å². The number of sulfonamides is 1. The maximum atomic E-state index is 12.9. The van der Waals surface area contributed by atoms with Gasteiger partial charge in [-0.25, -0.2) is 13.4 Å². The van der Waals surface area contributed by atoms with Crippen LogP contribution in [0, 0.1) is 5.92 Å². The maximum Gasteiger partial charge on any atom is 0.262 e. The number of fused-ring (bicyclic) bond motifs is 1. The molecule has 0 atom stereocenters. The van der Waals surface area contributed by atoms with E-state index < -0.39 is 10.0 Å². The van der Waals surface area contributed by atoms with Gasteiger partial charge in [0.25, 0.3) is 10.0 Å². The van der Waals surface area contributed by atoms with Gasteiger partial charge in [-0.15, -0.1) is 11.3 Å². The molecular formula is C14H20ClN3O2S2. The number of halogens is 1. The van der Waals surface area contributed by atoms with Crippen molar-refractivity contribution in [3.8, 4) is 0 Å². The summed E-state index contributed by atoms with van der Waals surface area (Å²) in [5, 5.41) is 1.99. The number of thiazole rings is 1. The van der Waals surface area contributed by atoms with Crippen LogP contribution in [0.15, 0.2) is 16.6 Å². The van der Waals surface area contributed by atoms with E-state index >= 15 is 0 Å². The molecule has 2 aromatic rings. The number of hydrogen-bond donors (Lipinski definition) is 0. The zero-order chi connectivity index (χ0) is 15.7. The Morgan fingerprint density at radius 3 is 2.82 bits per heavy atom. The second-order valence-corrected chi connectivity index (χ2v) is 8.84. The number of piperidine rings is 1. The van der Waals surface area contributed by atoms with Gasteiger partial charge >= 0.3 is 0 Å². The van der Waals surface area contributed by atoms with Gasteiger partial charge in [0.15, 0.2) is 15.1 Å². The number of aromatic nitrogens is 2. The number of rotatable bonds is 5. The van der Waals surface area contributed by atoms with Crippen molar-refractivity contribution in [2.24, 2.45) is 5.92 Å². The Balaban J connectivity index is 1.80. The minimum absolute atomic E-state index is 0.0694. The first kappa shape index (κ1) is 16.2. The van der Waals surface area contributed by atoms with E-state index in [2.05, 4.69) is 11.9 Å². The second kappa shape index (κ2) is 6.47. The molecule has 0 unspecified atom stereocenters. The fraction of sp³-hybridized carbons (Fsp3) is 0.643. The number of hydrogen-bond acceptors (Lipinski definition) is 4. The normalized spacial score (nSPS) is 18.3. The van der Waals surface area contributed by atoms with Crippen molar-refractivity contribution in [2.45, 2.75) is 44.1 Å². The Labute approximate surface area is 140 Å². The van der Waals surface area contributed by atoms with Gasteiger partial charge in [-0.05, 0) is 18.8 Å². The highest BCUT2D eigenvalue weighted by Crippen LogP contribution is 2.31. The average molecular weight is 362 g/mol. The van der Waals surface area contributed by atoms with Gasteiger partial charge in [0.2, 0.25) is 0 Å². The molecule has 0 radical (unpaired) electrons. The van der Waals surface area contributed by atoms with Gasteiger partial charge in [-0.2, -0.15) is 4.31 Å². The zero-order valence-corrected chi connectivity index (χ0v) is 14.9. The molecule has 0 aliphatic carbocycles. The zero-order valence-electron chi connectivity index (χ0n) is 12.5. The lowest BCUT2D eigenvalue weighted by Gasteiger charge is -2.30. The quantitative estimate of drug-likeness (QED) is 0.816. The third kappa shape index (κ3) is 2.91. The highest BCUT2D eigenvalue weighted by molar-refractivity contribution is 7.89. The van der Waals surface area contributed by atoms with Gasteiger partial charge in [-0.3, -0.25) is 4.40 Å². The first-order valence-electron chi connectivity index (χ1n) is 7.65. The monoisotopic (exact) mass is 361 g/mol. The molecule has 0 spiro atoms. The number of imidazole rings is 1. The van der Waals surface area contributed by atoms with Crippen LogP contribution in [0.25, 0.3) is 4.96 Å². The third-order valence-corrected chi connectivity index (χ3v) is 7.36. The van der Waals surface area contributed by atoms with E-state index in [1.54, 1.807) is 14.9 Å². The summed E-state index contributed by atoms with van der Waals surface area (Å²) < 4.78 is 28.9. The molecule has 5 nitrogen and oxygen atoms in total. The smallest absolute Gasteiger partial charge is 0.262 e. The van der Waals surface area contributed by atoms with Crippen molar-refractivity contribution in [1.82, 2.24) is 13.7 Å². The molecule has 0 amide bonds. The molecule has 3 rings (SSSR count). The molecule has 0 N–H and O–H groups in total. The summed E-state index contributed by atoms with van der Waals surface area (Å²) in [6.45, 7) is 3.34. The Bertz CT molecular complexity index is 745. The topological polar surface area (TPSA) is 54.7 Å². The van der Waals surface area contributed by atoms with Crippen LogP contribution in [0.4, 0.5) is 0 Å². The Morgan fingerprint density at radius 2 is 2.14 bits per heavy atom. The summed E-state index contributed by atoms with van der Waals surface area (Å²) in [5.74, 6) is 0.647. The van der Waals surface area contributed by atoms with Crippen LogP contribution < -0.4 is 0 Å². The summed E-state index contributed by atoms with van der Waals surface area (Å²) in [6, 6.07) is 0. The minimum atomic E-state index is -3.58. The third-order valence-electron chi connectivity index (χ3n) is 4.30. The van der Waals surface area contributed by atoms with Crippen LogP contribution in [0.3, 0.4) is 0 Å². The SMILES string of the molecule is CCCCC1CCN(S(=O)(=O)c2c(Cl)nc3sccn23)CC1. The number of nitrogens with zero attached hydrogens (tertiary/aromatic N) is 3. The van der Waals surface area contributed by atoms with E-state index in [0.29, 0.717) is 24.0 Å². The van der Waals surface area contributed by atoms with Crippen LogP contribution in [-0.4, -0.2) is 35.2 Å². The summed E-state index contributed by atoms with van der Waals surface area (Å²) in [6.07, 6.45) is 7.19.